The largest absolute Gasteiger partial charge is 0.450 e. The molecule has 1 aromatic heterocycles. The smallest absolute Gasteiger partial charge is 0.291 e. The second-order valence-electron chi connectivity index (χ2n) is 7.66. The van der Waals surface area contributed by atoms with E-state index in [1.807, 2.05) is 0 Å². The van der Waals surface area contributed by atoms with Crippen LogP contribution in [0.3, 0.4) is 0 Å². The van der Waals surface area contributed by atoms with Crippen molar-refractivity contribution in [2.75, 3.05) is 13.2 Å². The number of nitro groups is 1. The first-order valence-electron chi connectivity index (χ1n) is 9.87. The molecule has 8 nitrogen and oxygen atoms in total. The van der Waals surface area contributed by atoms with E-state index in [2.05, 4.69) is 0 Å². The summed E-state index contributed by atoms with van der Waals surface area (Å²) in [5.74, 6) is -1.14. The summed E-state index contributed by atoms with van der Waals surface area (Å²) >= 11 is 0. The van der Waals surface area contributed by atoms with Gasteiger partial charge in [0.25, 0.3) is 11.6 Å². The van der Waals surface area contributed by atoms with Crippen LogP contribution in [-0.2, 0) is 4.74 Å². The Morgan fingerprint density at radius 1 is 1.16 bits per heavy atom. The molecular weight excluding hydrogens is 407 g/mol. The third-order valence-electron chi connectivity index (χ3n) is 5.77. The molecule has 3 heterocycles. The van der Waals surface area contributed by atoms with Crippen LogP contribution in [0, 0.1) is 15.9 Å². The summed E-state index contributed by atoms with van der Waals surface area (Å²) in [6, 6.07) is 8.44. The molecule has 0 N–H and O–H groups in total. The third-order valence-corrected chi connectivity index (χ3v) is 5.77. The van der Waals surface area contributed by atoms with E-state index in [0.717, 1.165) is 25.0 Å². The zero-order valence-electron chi connectivity index (χ0n) is 16.2. The molecule has 1 saturated heterocycles. The molecule has 1 amide bonds. The number of nitro benzene ring substituents is 1. The second kappa shape index (κ2) is 7.28. The Bertz CT molecular complexity index is 1260. The Morgan fingerprint density at radius 2 is 1.94 bits per heavy atom. The van der Waals surface area contributed by atoms with E-state index in [1.54, 1.807) is 0 Å². The molecule has 0 unspecified atom stereocenters. The van der Waals surface area contributed by atoms with Gasteiger partial charge in [-0.1, -0.05) is 0 Å². The van der Waals surface area contributed by atoms with Gasteiger partial charge in [-0.15, -0.1) is 0 Å². The van der Waals surface area contributed by atoms with Gasteiger partial charge >= 0.3 is 0 Å². The van der Waals surface area contributed by atoms with E-state index in [0.29, 0.717) is 12.2 Å². The van der Waals surface area contributed by atoms with Gasteiger partial charge in [-0.05, 0) is 48.7 Å². The molecule has 158 valence electrons. The van der Waals surface area contributed by atoms with Crippen LogP contribution in [-0.4, -0.2) is 35.0 Å². The Hall–Kier alpha value is -3.59. The molecular formula is C22H17FN2O6. The van der Waals surface area contributed by atoms with Gasteiger partial charge in [-0.25, -0.2) is 4.39 Å². The Morgan fingerprint density at radius 3 is 2.61 bits per heavy atom. The lowest BCUT2D eigenvalue weighted by molar-refractivity contribution is -0.384. The van der Waals surface area contributed by atoms with Gasteiger partial charge in [0, 0.05) is 25.3 Å². The molecule has 0 spiro atoms. The van der Waals surface area contributed by atoms with E-state index >= 15 is 0 Å². The zero-order chi connectivity index (χ0) is 21.7. The van der Waals surface area contributed by atoms with Crippen molar-refractivity contribution in [3.05, 3.63) is 85.5 Å². The number of nitrogens with zero attached hydrogens (tertiary/aromatic N) is 2. The predicted octanol–water partition coefficient (Wildman–Crippen LogP) is 3.56. The highest BCUT2D eigenvalue weighted by molar-refractivity contribution is 5.99. The summed E-state index contributed by atoms with van der Waals surface area (Å²) in [6.07, 6.45) is 1.48. The van der Waals surface area contributed by atoms with E-state index in [9.17, 15) is 24.1 Å². The van der Waals surface area contributed by atoms with E-state index in [-0.39, 0.29) is 40.6 Å². The van der Waals surface area contributed by atoms with Gasteiger partial charge in [0.1, 0.15) is 11.4 Å². The van der Waals surface area contributed by atoms with E-state index < -0.39 is 28.1 Å². The minimum absolute atomic E-state index is 0.0393. The third kappa shape index (κ3) is 3.17. The van der Waals surface area contributed by atoms with E-state index in [1.165, 1.54) is 35.2 Å². The van der Waals surface area contributed by atoms with Crippen LogP contribution in [0.15, 0.2) is 51.7 Å². The van der Waals surface area contributed by atoms with Gasteiger partial charge in [-0.3, -0.25) is 19.7 Å². The normalized spacial score (nSPS) is 20.4. The van der Waals surface area contributed by atoms with Gasteiger partial charge in [0.2, 0.25) is 5.76 Å². The maximum atomic E-state index is 13.8. The van der Waals surface area contributed by atoms with Gasteiger partial charge < -0.3 is 14.1 Å². The Kier molecular flexibility index (Phi) is 4.55. The first kappa shape index (κ1) is 19.4. The number of benzene rings is 2. The maximum absolute atomic E-state index is 13.8. The summed E-state index contributed by atoms with van der Waals surface area (Å²) in [5.41, 5.74) is 0.155. The highest BCUT2D eigenvalue weighted by Gasteiger charge is 2.44. The van der Waals surface area contributed by atoms with Crippen molar-refractivity contribution in [2.45, 2.75) is 25.0 Å². The summed E-state index contributed by atoms with van der Waals surface area (Å²) in [7, 11) is 0. The van der Waals surface area contributed by atoms with Crippen LogP contribution in [0.25, 0.3) is 11.0 Å². The fourth-order valence-electron chi connectivity index (χ4n) is 4.31. The molecule has 2 atom stereocenters. The Balaban J connectivity index is 1.69. The average Bonchev–Trinajstić information content (AvgIpc) is 3.36. The lowest BCUT2D eigenvalue weighted by Crippen LogP contribution is -2.36. The van der Waals surface area contributed by atoms with Gasteiger partial charge in [-0.2, -0.15) is 0 Å². The summed E-state index contributed by atoms with van der Waals surface area (Å²) in [4.78, 5) is 38.6. The van der Waals surface area contributed by atoms with Crippen LogP contribution in [0.4, 0.5) is 10.1 Å². The van der Waals surface area contributed by atoms with Crippen LogP contribution in [0.2, 0.25) is 0 Å². The summed E-state index contributed by atoms with van der Waals surface area (Å²) < 4.78 is 25.2. The number of halogens is 1. The molecule has 1 fully saturated rings. The second-order valence-corrected chi connectivity index (χ2v) is 7.66. The fourth-order valence-corrected chi connectivity index (χ4v) is 4.31. The van der Waals surface area contributed by atoms with Crippen LogP contribution >= 0.6 is 0 Å². The molecule has 31 heavy (non-hydrogen) atoms. The zero-order valence-corrected chi connectivity index (χ0v) is 16.2. The number of amides is 1. The quantitative estimate of drug-likeness (QED) is 0.469. The highest BCUT2D eigenvalue weighted by Crippen LogP contribution is 2.39. The summed E-state index contributed by atoms with van der Waals surface area (Å²) in [5, 5.41) is 11.1. The lowest BCUT2D eigenvalue weighted by Gasteiger charge is -2.27. The standard InChI is InChI=1S/C22H17FN2O6/c23-13-5-8-17-16(10-13)20(26)18-19(12-3-6-14(7-4-12)25(28)29)24(22(27)21(18)31-17)11-15-2-1-9-30-15/h3-8,10,15,19H,1-2,9,11H2/t15-,19-/m1/s1. The number of rotatable bonds is 4. The predicted molar refractivity (Wildman–Crippen MR) is 107 cm³/mol. The molecule has 2 aliphatic rings. The molecule has 0 saturated carbocycles. The van der Waals surface area contributed by atoms with Crippen molar-refractivity contribution in [2.24, 2.45) is 0 Å². The monoisotopic (exact) mass is 424 g/mol. The lowest BCUT2D eigenvalue weighted by atomic mass is 9.98. The Labute approximate surface area is 175 Å². The number of carbonyl (C=O) groups is 1. The molecule has 0 bridgehead atoms. The van der Waals surface area contributed by atoms with Crippen molar-refractivity contribution < 1.29 is 23.3 Å². The first-order valence-corrected chi connectivity index (χ1v) is 9.87. The number of carbonyl (C=O) groups excluding carboxylic acids is 1. The van der Waals surface area contributed by atoms with Crippen molar-refractivity contribution >= 4 is 22.6 Å². The number of hydrogen-bond donors (Lipinski definition) is 0. The highest BCUT2D eigenvalue weighted by atomic mass is 19.1. The summed E-state index contributed by atoms with van der Waals surface area (Å²) in [6.45, 7) is 0.844. The number of hydrogen-bond acceptors (Lipinski definition) is 6. The first-order chi connectivity index (χ1) is 14.9. The number of ether oxygens (including phenoxy) is 1. The fraction of sp³-hybridized carbons (Fsp3) is 0.273. The average molecular weight is 424 g/mol. The molecule has 0 radical (unpaired) electrons. The maximum Gasteiger partial charge on any atom is 0.291 e. The van der Waals surface area contributed by atoms with Crippen molar-refractivity contribution in [3.63, 3.8) is 0 Å². The van der Waals surface area contributed by atoms with Crippen LogP contribution < -0.4 is 5.43 Å². The van der Waals surface area contributed by atoms with E-state index in [4.69, 9.17) is 9.15 Å². The van der Waals surface area contributed by atoms with Gasteiger partial charge in [0.15, 0.2) is 5.43 Å². The molecule has 2 aromatic carbocycles. The molecule has 5 rings (SSSR count). The van der Waals surface area contributed by atoms with Crippen molar-refractivity contribution in [1.29, 1.82) is 0 Å². The minimum atomic E-state index is -0.809. The minimum Gasteiger partial charge on any atom is -0.450 e. The van der Waals surface area contributed by atoms with Crippen molar-refractivity contribution in [3.8, 4) is 0 Å². The van der Waals surface area contributed by atoms with Crippen molar-refractivity contribution in [1.82, 2.24) is 4.90 Å². The molecule has 9 heteroatoms. The van der Waals surface area contributed by atoms with Gasteiger partial charge in [0.05, 0.1) is 28.0 Å². The molecule has 0 aliphatic carbocycles. The number of fused-ring (bicyclic) bond motifs is 2. The SMILES string of the molecule is O=C1c2oc3ccc(F)cc3c(=O)c2[C@@H](c2ccc([N+](=O)[O-])cc2)N1C[C@H]1CCCO1. The van der Waals surface area contributed by atoms with Crippen LogP contribution in [0.1, 0.15) is 40.6 Å². The molecule has 2 aliphatic heterocycles. The van der Waals surface area contributed by atoms with Crippen LogP contribution in [0.5, 0.6) is 0 Å². The molecule has 3 aromatic rings. The number of non-ortho nitro benzene ring substituents is 1. The topological polar surface area (TPSA) is 103 Å².